The lowest BCUT2D eigenvalue weighted by molar-refractivity contribution is -0.129. The molecule has 0 unspecified atom stereocenters. The summed E-state index contributed by atoms with van der Waals surface area (Å²) in [6.45, 7) is 1.96. The first-order valence-corrected chi connectivity index (χ1v) is 10.2. The fraction of sp³-hybridized carbons (Fsp3) is 0.333. The van der Waals surface area contributed by atoms with Crippen LogP contribution >= 0.6 is 0 Å². The second-order valence-corrected chi connectivity index (χ2v) is 8.43. The predicted octanol–water partition coefficient (Wildman–Crippen LogP) is 1.59. The molecular weight excluding hydrogens is 356 g/mol. The van der Waals surface area contributed by atoms with Gasteiger partial charge in [0.15, 0.2) is 9.84 Å². The Hall–Kier alpha value is -2.61. The summed E-state index contributed by atoms with van der Waals surface area (Å²) in [6, 6.07) is 7.55. The fourth-order valence-electron chi connectivity index (χ4n) is 2.99. The molecule has 2 N–H and O–H groups in total. The third-order valence-electron chi connectivity index (χ3n) is 4.35. The molecule has 0 bridgehead atoms. The molecule has 7 nitrogen and oxygen atoms in total. The first-order chi connectivity index (χ1) is 12.4. The number of furan rings is 1. The summed E-state index contributed by atoms with van der Waals surface area (Å²) in [5, 5.41) is 0.911. The van der Waals surface area contributed by atoms with Gasteiger partial charge in [0.2, 0.25) is 5.91 Å². The van der Waals surface area contributed by atoms with E-state index in [2.05, 4.69) is 10.9 Å². The summed E-state index contributed by atoms with van der Waals surface area (Å²) < 4.78 is 28.6. The maximum Gasteiger partial charge on any atom is 0.262 e. The van der Waals surface area contributed by atoms with Gasteiger partial charge in [0.1, 0.15) is 11.3 Å². The zero-order valence-corrected chi connectivity index (χ0v) is 15.1. The van der Waals surface area contributed by atoms with Crippen LogP contribution in [0.1, 0.15) is 24.7 Å². The van der Waals surface area contributed by atoms with Crippen LogP contribution in [0.3, 0.4) is 0 Å². The van der Waals surface area contributed by atoms with Crippen LogP contribution in [-0.4, -0.2) is 31.7 Å². The van der Waals surface area contributed by atoms with E-state index < -0.39 is 27.6 Å². The van der Waals surface area contributed by atoms with Gasteiger partial charge in [0.05, 0.1) is 17.4 Å². The first kappa shape index (κ1) is 18.2. The summed E-state index contributed by atoms with van der Waals surface area (Å²) in [5.74, 6) is -1.01. The van der Waals surface area contributed by atoms with Crippen LogP contribution in [-0.2, 0) is 25.8 Å². The Morgan fingerprint density at radius 2 is 2.04 bits per heavy atom. The molecule has 0 aliphatic carbocycles. The normalized spacial score (nSPS) is 19.0. The van der Waals surface area contributed by atoms with Crippen LogP contribution in [0.25, 0.3) is 17.0 Å². The number of nitrogens with one attached hydrogen (secondary N) is 2. The van der Waals surface area contributed by atoms with Crippen molar-refractivity contribution in [3.05, 3.63) is 41.7 Å². The zero-order chi connectivity index (χ0) is 18.7. The first-order valence-electron chi connectivity index (χ1n) is 8.38. The monoisotopic (exact) mass is 376 g/mol. The van der Waals surface area contributed by atoms with Gasteiger partial charge in [-0.15, -0.1) is 0 Å². The maximum absolute atomic E-state index is 12.0. The van der Waals surface area contributed by atoms with E-state index in [1.807, 2.05) is 31.2 Å². The van der Waals surface area contributed by atoms with E-state index in [0.29, 0.717) is 6.42 Å². The average Bonchev–Trinajstić information content (AvgIpc) is 3.17. The van der Waals surface area contributed by atoms with Crippen LogP contribution in [0.4, 0.5) is 0 Å². The molecule has 1 aliphatic rings. The van der Waals surface area contributed by atoms with E-state index >= 15 is 0 Å². The van der Waals surface area contributed by atoms with Crippen molar-refractivity contribution in [3.8, 4) is 0 Å². The zero-order valence-electron chi connectivity index (χ0n) is 14.3. The van der Waals surface area contributed by atoms with Crippen molar-refractivity contribution >= 4 is 38.7 Å². The van der Waals surface area contributed by atoms with E-state index in [1.165, 1.54) is 6.08 Å². The number of carbonyl (C=O) groups excluding carboxylic acids is 2. The third-order valence-corrected chi connectivity index (χ3v) is 6.11. The number of amides is 2. The Labute approximate surface area is 151 Å². The highest BCUT2D eigenvalue weighted by atomic mass is 32.2. The van der Waals surface area contributed by atoms with E-state index in [4.69, 9.17) is 4.42 Å². The molecule has 1 atom stereocenters. The fourth-order valence-corrected chi connectivity index (χ4v) is 4.73. The molecule has 0 radical (unpaired) electrons. The van der Waals surface area contributed by atoms with E-state index in [0.717, 1.165) is 22.3 Å². The summed E-state index contributed by atoms with van der Waals surface area (Å²) in [6.07, 6.45) is 3.91. The molecule has 3 rings (SSSR count). The molecule has 0 spiro atoms. The molecule has 0 saturated carbocycles. The molecule has 1 fully saturated rings. The molecule has 2 aromatic rings. The number of carbonyl (C=O) groups is 2. The second-order valence-electron chi connectivity index (χ2n) is 6.20. The predicted molar refractivity (Wildman–Crippen MR) is 97.7 cm³/mol. The van der Waals surface area contributed by atoms with Gasteiger partial charge in [0.25, 0.3) is 5.91 Å². The van der Waals surface area contributed by atoms with Gasteiger partial charge < -0.3 is 4.42 Å². The lowest BCUT2D eigenvalue weighted by Gasteiger charge is -2.09. The topological polar surface area (TPSA) is 105 Å². The molecular formula is C18H20N2O5S. The van der Waals surface area contributed by atoms with Crippen molar-refractivity contribution in [1.82, 2.24) is 10.9 Å². The van der Waals surface area contributed by atoms with E-state index in [9.17, 15) is 18.0 Å². The minimum Gasteiger partial charge on any atom is -0.460 e. The van der Waals surface area contributed by atoms with Crippen LogP contribution in [0.5, 0.6) is 0 Å². The number of fused-ring (bicyclic) bond motifs is 1. The van der Waals surface area contributed by atoms with E-state index in [1.54, 1.807) is 6.08 Å². The number of rotatable bonds is 4. The number of hydrazine groups is 1. The second kappa shape index (κ2) is 7.33. The van der Waals surface area contributed by atoms with E-state index in [-0.39, 0.29) is 17.9 Å². The number of aryl methyl sites for hydroxylation is 1. The van der Waals surface area contributed by atoms with Gasteiger partial charge in [-0.3, -0.25) is 20.4 Å². The van der Waals surface area contributed by atoms with Gasteiger partial charge in [0, 0.05) is 23.4 Å². The number of para-hydroxylation sites is 1. The molecule has 26 heavy (non-hydrogen) atoms. The molecule has 1 aromatic carbocycles. The molecule has 2 amide bonds. The highest BCUT2D eigenvalue weighted by Gasteiger charge is 2.32. The highest BCUT2D eigenvalue weighted by Crippen LogP contribution is 2.27. The van der Waals surface area contributed by atoms with Crippen molar-refractivity contribution in [2.45, 2.75) is 19.8 Å². The summed E-state index contributed by atoms with van der Waals surface area (Å²) in [7, 11) is -3.15. The number of sulfone groups is 1. The van der Waals surface area contributed by atoms with Crippen LogP contribution < -0.4 is 10.9 Å². The lowest BCUT2D eigenvalue weighted by Crippen LogP contribution is -2.44. The lowest BCUT2D eigenvalue weighted by atomic mass is 10.1. The number of benzene rings is 1. The standard InChI is InChI=1S/C18H20N2O5S/c1-2-15-14(13-5-3-4-6-16(13)25-15)7-8-17(21)19-20-18(22)12-9-10-26(23,24)11-12/h3-8,12H,2,9-11H2,1H3,(H,19,21)(H,20,22)/b8-7+/t12-/m0/s1. The molecule has 138 valence electrons. The van der Waals surface area contributed by atoms with Gasteiger partial charge in [-0.05, 0) is 18.6 Å². The Morgan fingerprint density at radius 1 is 1.27 bits per heavy atom. The Morgan fingerprint density at radius 3 is 2.73 bits per heavy atom. The molecule has 1 aliphatic heterocycles. The Bertz CT molecular complexity index is 975. The van der Waals surface area contributed by atoms with Crippen LogP contribution in [0.15, 0.2) is 34.8 Å². The van der Waals surface area contributed by atoms with Gasteiger partial charge in [-0.25, -0.2) is 8.42 Å². The Balaban J connectivity index is 1.63. The molecule has 2 heterocycles. The minimum atomic E-state index is -3.15. The summed E-state index contributed by atoms with van der Waals surface area (Å²) in [5.41, 5.74) is 6.14. The van der Waals surface area contributed by atoms with Gasteiger partial charge in [-0.2, -0.15) is 0 Å². The van der Waals surface area contributed by atoms with Crippen molar-refractivity contribution in [2.24, 2.45) is 5.92 Å². The molecule has 1 saturated heterocycles. The number of hydrogen-bond donors (Lipinski definition) is 2. The van der Waals surface area contributed by atoms with Crippen LogP contribution in [0.2, 0.25) is 0 Å². The van der Waals surface area contributed by atoms with Gasteiger partial charge >= 0.3 is 0 Å². The summed E-state index contributed by atoms with van der Waals surface area (Å²) >= 11 is 0. The molecule has 1 aromatic heterocycles. The minimum absolute atomic E-state index is 0.00624. The maximum atomic E-state index is 12.0. The van der Waals surface area contributed by atoms with Gasteiger partial charge in [-0.1, -0.05) is 25.1 Å². The van der Waals surface area contributed by atoms with Crippen molar-refractivity contribution < 1.29 is 22.4 Å². The molecule has 8 heteroatoms. The van der Waals surface area contributed by atoms with Crippen molar-refractivity contribution in [1.29, 1.82) is 0 Å². The number of hydrogen-bond acceptors (Lipinski definition) is 5. The van der Waals surface area contributed by atoms with Crippen molar-refractivity contribution in [3.63, 3.8) is 0 Å². The SMILES string of the molecule is CCc1oc2ccccc2c1/C=C/C(=O)NNC(=O)[C@H]1CCS(=O)(=O)C1. The van der Waals surface area contributed by atoms with Crippen molar-refractivity contribution in [2.75, 3.05) is 11.5 Å². The Kier molecular flexibility index (Phi) is 5.13. The third kappa shape index (κ3) is 3.96. The van der Waals surface area contributed by atoms with Crippen LogP contribution in [0, 0.1) is 5.92 Å². The summed E-state index contributed by atoms with van der Waals surface area (Å²) in [4.78, 5) is 23.9. The smallest absolute Gasteiger partial charge is 0.262 e. The average molecular weight is 376 g/mol. The highest BCUT2D eigenvalue weighted by molar-refractivity contribution is 7.91. The largest absolute Gasteiger partial charge is 0.460 e. The quantitative estimate of drug-likeness (QED) is 0.623.